The van der Waals surface area contributed by atoms with Gasteiger partial charge in [0.1, 0.15) is 11.4 Å². The second kappa shape index (κ2) is 4.54. The Labute approximate surface area is 90.4 Å². The average Bonchev–Trinajstić information content (AvgIpc) is 2.38. The second-order valence-electron chi connectivity index (χ2n) is 3.04. The van der Waals surface area contributed by atoms with Crippen molar-refractivity contribution in [1.82, 2.24) is 9.78 Å². The van der Waals surface area contributed by atoms with E-state index in [4.69, 9.17) is 0 Å². The Kier molecular flexibility index (Phi) is 3.62. The van der Waals surface area contributed by atoms with Crippen molar-refractivity contribution in [3.8, 4) is 0 Å². The minimum absolute atomic E-state index is 0.138. The summed E-state index contributed by atoms with van der Waals surface area (Å²) in [4.78, 5) is 10.3. The van der Waals surface area contributed by atoms with Crippen molar-refractivity contribution in [1.29, 1.82) is 0 Å². The van der Waals surface area contributed by atoms with Crippen LogP contribution in [0.3, 0.4) is 0 Å². The van der Waals surface area contributed by atoms with Crippen LogP contribution in [0.4, 0.5) is 5.69 Å². The van der Waals surface area contributed by atoms with E-state index in [1.807, 2.05) is 0 Å². The van der Waals surface area contributed by atoms with E-state index in [9.17, 15) is 10.1 Å². The van der Waals surface area contributed by atoms with Gasteiger partial charge < -0.3 is 0 Å². The molecule has 0 aliphatic heterocycles. The van der Waals surface area contributed by atoms with Gasteiger partial charge in [-0.15, -0.1) is 0 Å². The molecule has 1 rings (SSSR count). The van der Waals surface area contributed by atoms with Gasteiger partial charge in [0.25, 0.3) is 0 Å². The quantitative estimate of drug-likeness (QED) is 0.474. The van der Waals surface area contributed by atoms with Gasteiger partial charge in [0.05, 0.1) is 4.92 Å². The van der Waals surface area contributed by atoms with Crippen LogP contribution in [-0.4, -0.2) is 20.0 Å². The molecule has 6 heteroatoms. The molecule has 0 aliphatic rings. The second-order valence-corrected chi connectivity index (χ2v) is 3.84. The number of aryl methyl sites for hydroxylation is 2. The molecule has 0 unspecified atom stereocenters. The van der Waals surface area contributed by atoms with Crippen molar-refractivity contribution in [3.63, 3.8) is 0 Å². The highest BCUT2D eigenvalue weighted by Crippen LogP contribution is 2.21. The van der Waals surface area contributed by atoms with Crippen molar-refractivity contribution in [2.24, 2.45) is 0 Å². The molecule has 0 radical (unpaired) electrons. The van der Waals surface area contributed by atoms with Crippen LogP contribution in [-0.2, 0) is 6.54 Å². The Bertz CT molecular complexity index is 349. The summed E-state index contributed by atoms with van der Waals surface area (Å²) >= 11 is 3.31. The van der Waals surface area contributed by atoms with E-state index in [-0.39, 0.29) is 10.6 Å². The zero-order chi connectivity index (χ0) is 10.7. The van der Waals surface area contributed by atoms with Crippen LogP contribution in [0.15, 0.2) is 0 Å². The Hall–Kier alpha value is -0.910. The van der Waals surface area contributed by atoms with E-state index in [2.05, 4.69) is 21.0 Å². The number of aromatic nitrogens is 2. The lowest BCUT2D eigenvalue weighted by Crippen LogP contribution is -2.03. The van der Waals surface area contributed by atoms with Crippen LogP contribution in [0.25, 0.3) is 0 Å². The zero-order valence-corrected chi connectivity index (χ0v) is 9.74. The number of nitro groups is 1. The predicted molar refractivity (Wildman–Crippen MR) is 56.8 cm³/mol. The lowest BCUT2D eigenvalue weighted by Gasteiger charge is -2.00. The van der Waals surface area contributed by atoms with Gasteiger partial charge in [-0.05, 0) is 20.3 Å². The van der Waals surface area contributed by atoms with Gasteiger partial charge in [-0.1, -0.05) is 15.9 Å². The van der Waals surface area contributed by atoms with E-state index in [1.165, 1.54) is 0 Å². The van der Waals surface area contributed by atoms with Crippen LogP contribution in [0.5, 0.6) is 0 Å². The first-order valence-corrected chi connectivity index (χ1v) is 5.44. The molecular formula is C8H12BrN3O2. The van der Waals surface area contributed by atoms with E-state index in [0.29, 0.717) is 17.9 Å². The van der Waals surface area contributed by atoms with Crippen LogP contribution >= 0.6 is 15.9 Å². The molecular weight excluding hydrogens is 250 g/mol. The summed E-state index contributed by atoms with van der Waals surface area (Å²) in [6, 6.07) is 0. The third-order valence-corrected chi connectivity index (χ3v) is 2.59. The number of hydrogen-bond donors (Lipinski definition) is 0. The van der Waals surface area contributed by atoms with Gasteiger partial charge in [-0.3, -0.25) is 14.8 Å². The summed E-state index contributed by atoms with van der Waals surface area (Å²) in [7, 11) is 0. The third-order valence-electron chi connectivity index (χ3n) is 2.03. The highest BCUT2D eigenvalue weighted by molar-refractivity contribution is 9.09. The molecule has 0 aromatic carbocycles. The first-order valence-electron chi connectivity index (χ1n) is 4.32. The van der Waals surface area contributed by atoms with Crippen LogP contribution < -0.4 is 0 Å². The van der Waals surface area contributed by atoms with Crippen molar-refractivity contribution in [2.75, 3.05) is 5.33 Å². The first-order chi connectivity index (χ1) is 6.57. The molecule has 0 N–H and O–H groups in total. The number of nitrogens with zero attached hydrogens (tertiary/aromatic N) is 3. The fourth-order valence-corrected chi connectivity index (χ4v) is 1.63. The van der Waals surface area contributed by atoms with Gasteiger partial charge in [0, 0.05) is 11.9 Å². The first kappa shape index (κ1) is 11.2. The molecule has 5 nitrogen and oxygen atoms in total. The van der Waals surface area contributed by atoms with Crippen molar-refractivity contribution >= 4 is 21.6 Å². The van der Waals surface area contributed by atoms with Gasteiger partial charge in [-0.2, -0.15) is 5.10 Å². The molecule has 0 bridgehead atoms. The van der Waals surface area contributed by atoms with Crippen LogP contribution in [0, 0.1) is 24.0 Å². The average molecular weight is 262 g/mol. The highest BCUT2D eigenvalue weighted by Gasteiger charge is 2.20. The Morgan fingerprint density at radius 2 is 2.21 bits per heavy atom. The summed E-state index contributed by atoms with van der Waals surface area (Å²) in [6.45, 7) is 4.11. The van der Waals surface area contributed by atoms with Crippen molar-refractivity contribution < 1.29 is 4.92 Å². The normalized spacial score (nSPS) is 10.5. The molecule has 0 amide bonds. The number of rotatable bonds is 4. The molecule has 1 aromatic heterocycles. The molecule has 78 valence electrons. The van der Waals surface area contributed by atoms with Gasteiger partial charge in [0.15, 0.2) is 0 Å². The summed E-state index contributed by atoms with van der Waals surface area (Å²) in [5.41, 5.74) is 1.26. The predicted octanol–water partition coefficient (Wildman–Crippen LogP) is 2.19. The Balaban J connectivity index is 2.98. The number of halogens is 1. The summed E-state index contributed by atoms with van der Waals surface area (Å²) in [6.07, 6.45) is 0.916. The van der Waals surface area contributed by atoms with Crippen LogP contribution in [0.1, 0.15) is 17.8 Å². The number of alkyl halides is 1. The standard InChI is InChI=1S/C8H12BrN3O2/c1-6-8(12(13)14)7(2)11(10-6)5-3-4-9/h3-5H2,1-2H3. The monoisotopic (exact) mass is 261 g/mol. The lowest BCUT2D eigenvalue weighted by molar-refractivity contribution is -0.386. The van der Waals surface area contributed by atoms with E-state index >= 15 is 0 Å². The minimum atomic E-state index is -0.373. The van der Waals surface area contributed by atoms with Gasteiger partial charge in [0.2, 0.25) is 0 Å². The third kappa shape index (κ3) is 2.12. The SMILES string of the molecule is Cc1nn(CCCBr)c(C)c1[N+](=O)[O-]. The summed E-state index contributed by atoms with van der Waals surface area (Å²) in [5, 5.41) is 15.7. The lowest BCUT2D eigenvalue weighted by atomic mass is 10.3. The van der Waals surface area contributed by atoms with Gasteiger partial charge >= 0.3 is 5.69 Å². The smallest absolute Gasteiger partial charge is 0.262 e. The number of hydrogen-bond acceptors (Lipinski definition) is 3. The zero-order valence-electron chi connectivity index (χ0n) is 8.16. The molecule has 14 heavy (non-hydrogen) atoms. The molecule has 0 atom stereocenters. The van der Waals surface area contributed by atoms with E-state index in [0.717, 1.165) is 11.8 Å². The van der Waals surface area contributed by atoms with Crippen molar-refractivity contribution in [2.45, 2.75) is 26.8 Å². The molecule has 0 fully saturated rings. The maximum atomic E-state index is 10.7. The fourth-order valence-electron chi connectivity index (χ4n) is 1.38. The fraction of sp³-hybridized carbons (Fsp3) is 0.625. The Morgan fingerprint density at radius 3 is 2.64 bits per heavy atom. The molecule has 0 spiro atoms. The maximum Gasteiger partial charge on any atom is 0.312 e. The van der Waals surface area contributed by atoms with Gasteiger partial charge in [-0.25, -0.2) is 0 Å². The highest BCUT2D eigenvalue weighted by atomic mass is 79.9. The molecule has 0 saturated carbocycles. The minimum Gasteiger partial charge on any atom is -0.262 e. The van der Waals surface area contributed by atoms with Crippen molar-refractivity contribution in [3.05, 3.63) is 21.5 Å². The maximum absolute atomic E-state index is 10.7. The summed E-state index contributed by atoms with van der Waals surface area (Å²) in [5.74, 6) is 0. The van der Waals surface area contributed by atoms with E-state index in [1.54, 1.807) is 18.5 Å². The topological polar surface area (TPSA) is 61.0 Å². The Morgan fingerprint density at radius 1 is 1.57 bits per heavy atom. The summed E-state index contributed by atoms with van der Waals surface area (Å²) < 4.78 is 1.69. The molecule has 1 heterocycles. The molecule has 0 saturated heterocycles. The van der Waals surface area contributed by atoms with Crippen LogP contribution in [0.2, 0.25) is 0 Å². The molecule has 1 aromatic rings. The molecule has 0 aliphatic carbocycles. The van der Waals surface area contributed by atoms with E-state index < -0.39 is 0 Å². The largest absolute Gasteiger partial charge is 0.312 e.